The van der Waals surface area contributed by atoms with E-state index in [4.69, 9.17) is 15.2 Å². The molecule has 0 atom stereocenters. The Morgan fingerprint density at radius 3 is 2.50 bits per heavy atom. The zero-order chi connectivity index (χ0) is 16.4. The van der Waals surface area contributed by atoms with Gasteiger partial charge in [-0.05, 0) is 56.9 Å². The monoisotopic (exact) mass is 329 g/mol. The molecule has 130 valence electrons. The van der Waals surface area contributed by atoms with E-state index in [9.17, 15) is 0 Å². The van der Waals surface area contributed by atoms with E-state index in [1.807, 2.05) is 0 Å². The fourth-order valence-electron chi connectivity index (χ4n) is 3.83. The minimum Gasteiger partial charge on any atom is -0.486 e. The van der Waals surface area contributed by atoms with Crippen molar-refractivity contribution < 1.29 is 9.47 Å². The summed E-state index contributed by atoms with van der Waals surface area (Å²) in [6, 6.07) is 4.31. The summed E-state index contributed by atoms with van der Waals surface area (Å²) in [6.07, 6.45) is 7.07. The quantitative estimate of drug-likeness (QED) is 0.884. The van der Waals surface area contributed by atoms with Crippen LogP contribution in [0, 0.1) is 0 Å². The third kappa shape index (κ3) is 3.10. The molecule has 1 aromatic heterocycles. The largest absolute Gasteiger partial charge is 0.486 e. The van der Waals surface area contributed by atoms with Gasteiger partial charge >= 0.3 is 0 Å². The van der Waals surface area contributed by atoms with Crippen molar-refractivity contribution in [3.63, 3.8) is 0 Å². The third-order valence-corrected chi connectivity index (χ3v) is 5.13. The number of rotatable bonds is 6. The van der Waals surface area contributed by atoms with Gasteiger partial charge in [0, 0.05) is 30.7 Å². The lowest BCUT2D eigenvalue weighted by molar-refractivity contribution is 0.172. The fraction of sp³-hybridized carbons (Fsp3) is 0.579. The first-order chi connectivity index (χ1) is 11.8. The highest BCUT2D eigenvalue weighted by Crippen LogP contribution is 2.37. The number of nitrogens with two attached hydrogens (primary N) is 1. The molecule has 0 saturated carbocycles. The van der Waals surface area contributed by atoms with Crippen molar-refractivity contribution in [2.75, 3.05) is 39.4 Å². The van der Waals surface area contributed by atoms with Gasteiger partial charge in [0.25, 0.3) is 0 Å². The maximum absolute atomic E-state index is 5.79. The number of aromatic nitrogens is 1. The van der Waals surface area contributed by atoms with E-state index in [0.717, 1.165) is 37.4 Å². The summed E-state index contributed by atoms with van der Waals surface area (Å²) < 4.78 is 13.9. The Hall–Kier alpha value is -1.72. The molecule has 3 heterocycles. The minimum absolute atomic E-state index is 0.629. The van der Waals surface area contributed by atoms with Crippen LogP contribution >= 0.6 is 0 Å². The average molecular weight is 329 g/mol. The molecule has 2 N–H and O–H groups in total. The molecule has 5 nitrogen and oxygen atoms in total. The predicted octanol–water partition coefficient (Wildman–Crippen LogP) is 2.40. The van der Waals surface area contributed by atoms with Crippen LogP contribution in [0.4, 0.5) is 0 Å². The molecule has 5 heteroatoms. The summed E-state index contributed by atoms with van der Waals surface area (Å²) >= 11 is 0. The van der Waals surface area contributed by atoms with Gasteiger partial charge in [0.1, 0.15) is 13.2 Å². The Morgan fingerprint density at radius 2 is 1.75 bits per heavy atom. The fourth-order valence-corrected chi connectivity index (χ4v) is 3.83. The Balaban J connectivity index is 1.65. The number of aryl methyl sites for hydroxylation is 1. The normalized spacial score (nSPS) is 17.7. The van der Waals surface area contributed by atoms with Gasteiger partial charge < -0.3 is 24.7 Å². The first-order valence-electron chi connectivity index (χ1n) is 9.19. The number of likely N-dealkylation sites (tertiary alicyclic amines) is 1. The van der Waals surface area contributed by atoms with Gasteiger partial charge in [-0.1, -0.05) is 0 Å². The second-order valence-electron chi connectivity index (χ2n) is 6.80. The lowest BCUT2D eigenvalue weighted by Gasteiger charge is -2.19. The SMILES string of the molecule is NCCCn1cc(CCN2CCCC2)c2cc3c(cc21)OCCO3. The smallest absolute Gasteiger partial charge is 0.163 e. The Bertz CT molecular complexity index is 704. The van der Waals surface area contributed by atoms with Gasteiger partial charge in [-0.25, -0.2) is 0 Å². The summed E-state index contributed by atoms with van der Waals surface area (Å²) in [6.45, 7) is 6.57. The molecule has 1 fully saturated rings. The van der Waals surface area contributed by atoms with Crippen LogP contribution in [0.25, 0.3) is 10.9 Å². The molecule has 0 radical (unpaired) electrons. The van der Waals surface area contributed by atoms with Crippen LogP contribution in [0.3, 0.4) is 0 Å². The summed E-state index contributed by atoms with van der Waals surface area (Å²) in [5.74, 6) is 1.75. The zero-order valence-corrected chi connectivity index (χ0v) is 14.3. The molecule has 1 saturated heterocycles. The standard InChI is InChI=1S/C19H27N3O2/c20-5-3-8-22-14-15(4-9-21-6-1-2-7-21)16-12-18-19(13-17(16)22)24-11-10-23-18/h12-14H,1-11,20H2. The molecule has 1 aromatic carbocycles. The molecule has 0 spiro atoms. The van der Waals surface area contributed by atoms with Gasteiger partial charge in [0.2, 0.25) is 0 Å². The van der Waals surface area contributed by atoms with Crippen LogP contribution in [-0.4, -0.2) is 48.9 Å². The highest BCUT2D eigenvalue weighted by atomic mass is 16.6. The van der Waals surface area contributed by atoms with E-state index in [1.54, 1.807) is 0 Å². The second-order valence-corrected chi connectivity index (χ2v) is 6.80. The van der Waals surface area contributed by atoms with E-state index in [-0.39, 0.29) is 0 Å². The number of hydrogen-bond donors (Lipinski definition) is 1. The first kappa shape index (κ1) is 15.8. The molecule has 0 amide bonds. The van der Waals surface area contributed by atoms with Crippen LogP contribution in [0.2, 0.25) is 0 Å². The van der Waals surface area contributed by atoms with E-state index in [2.05, 4.69) is 27.8 Å². The van der Waals surface area contributed by atoms with Gasteiger partial charge in [-0.3, -0.25) is 0 Å². The Kier molecular flexibility index (Phi) is 4.63. The van der Waals surface area contributed by atoms with Crippen LogP contribution in [0.5, 0.6) is 11.5 Å². The number of hydrogen-bond acceptors (Lipinski definition) is 4. The molecule has 0 bridgehead atoms. The van der Waals surface area contributed by atoms with Gasteiger partial charge in [-0.2, -0.15) is 0 Å². The van der Waals surface area contributed by atoms with Gasteiger partial charge in [0.05, 0.1) is 5.52 Å². The molecular formula is C19H27N3O2. The van der Waals surface area contributed by atoms with Crippen LogP contribution in [-0.2, 0) is 13.0 Å². The molecule has 24 heavy (non-hydrogen) atoms. The molecule has 0 unspecified atom stereocenters. The highest BCUT2D eigenvalue weighted by molar-refractivity contribution is 5.87. The van der Waals surface area contributed by atoms with E-state index in [0.29, 0.717) is 19.8 Å². The number of fused-ring (bicyclic) bond motifs is 2. The van der Waals surface area contributed by atoms with E-state index in [1.165, 1.54) is 42.4 Å². The van der Waals surface area contributed by atoms with Crippen LogP contribution < -0.4 is 15.2 Å². The summed E-state index contributed by atoms with van der Waals surface area (Å²) in [4.78, 5) is 2.57. The molecule has 4 rings (SSSR count). The Labute approximate surface area is 143 Å². The molecule has 2 aliphatic rings. The van der Waals surface area contributed by atoms with Crippen molar-refractivity contribution in [3.05, 3.63) is 23.9 Å². The van der Waals surface area contributed by atoms with Crippen molar-refractivity contribution in [2.24, 2.45) is 5.73 Å². The molecule has 2 aliphatic heterocycles. The second kappa shape index (κ2) is 7.03. The number of nitrogens with zero attached hydrogens (tertiary/aromatic N) is 2. The number of ether oxygens (including phenoxy) is 2. The summed E-state index contributed by atoms with van der Waals surface area (Å²) in [7, 11) is 0. The molecule has 0 aliphatic carbocycles. The van der Waals surface area contributed by atoms with Crippen LogP contribution in [0.15, 0.2) is 18.3 Å². The predicted molar refractivity (Wildman–Crippen MR) is 96.0 cm³/mol. The minimum atomic E-state index is 0.629. The number of benzene rings is 1. The lowest BCUT2D eigenvalue weighted by atomic mass is 10.1. The van der Waals surface area contributed by atoms with Crippen molar-refractivity contribution in [3.8, 4) is 11.5 Å². The first-order valence-corrected chi connectivity index (χ1v) is 9.19. The average Bonchev–Trinajstić information content (AvgIpc) is 3.24. The zero-order valence-electron chi connectivity index (χ0n) is 14.3. The molecular weight excluding hydrogens is 302 g/mol. The summed E-state index contributed by atoms with van der Waals surface area (Å²) in [5, 5.41) is 1.30. The van der Waals surface area contributed by atoms with Crippen molar-refractivity contribution in [1.29, 1.82) is 0 Å². The van der Waals surface area contributed by atoms with E-state index >= 15 is 0 Å². The van der Waals surface area contributed by atoms with Gasteiger partial charge in [0.15, 0.2) is 11.5 Å². The van der Waals surface area contributed by atoms with Crippen molar-refractivity contribution in [1.82, 2.24) is 9.47 Å². The maximum Gasteiger partial charge on any atom is 0.163 e. The molecule has 2 aromatic rings. The Morgan fingerprint density at radius 1 is 1.00 bits per heavy atom. The van der Waals surface area contributed by atoms with Crippen LogP contribution in [0.1, 0.15) is 24.8 Å². The highest BCUT2D eigenvalue weighted by Gasteiger charge is 2.18. The summed E-state index contributed by atoms with van der Waals surface area (Å²) in [5.41, 5.74) is 8.36. The topological polar surface area (TPSA) is 52.7 Å². The van der Waals surface area contributed by atoms with E-state index < -0.39 is 0 Å². The lowest BCUT2D eigenvalue weighted by Crippen LogP contribution is -2.21. The van der Waals surface area contributed by atoms with Crippen molar-refractivity contribution in [2.45, 2.75) is 32.2 Å². The van der Waals surface area contributed by atoms with Gasteiger partial charge in [-0.15, -0.1) is 0 Å². The maximum atomic E-state index is 5.79. The third-order valence-electron chi connectivity index (χ3n) is 5.13. The van der Waals surface area contributed by atoms with Crippen molar-refractivity contribution >= 4 is 10.9 Å².